The molecule has 4 aromatic carbocycles. The van der Waals surface area contributed by atoms with E-state index >= 15 is 0 Å². The summed E-state index contributed by atoms with van der Waals surface area (Å²) in [6.07, 6.45) is 0. The molecule has 27 heavy (non-hydrogen) atoms. The van der Waals surface area contributed by atoms with E-state index in [1.165, 1.54) is 27.5 Å². The van der Waals surface area contributed by atoms with E-state index in [2.05, 4.69) is 85.0 Å². The van der Waals surface area contributed by atoms with Crippen LogP contribution in [0.5, 0.6) is 5.75 Å². The summed E-state index contributed by atoms with van der Waals surface area (Å²) in [6.45, 7) is 3.39. The number of ether oxygens (including phenoxy) is 1. The van der Waals surface area contributed by atoms with Crippen LogP contribution >= 0.6 is 0 Å². The molecule has 0 atom stereocenters. The Balaban J connectivity index is 1.63. The average Bonchev–Trinajstić information content (AvgIpc) is 2.71. The van der Waals surface area contributed by atoms with Crippen molar-refractivity contribution in [2.75, 3.05) is 5.32 Å². The quantitative estimate of drug-likeness (QED) is 0.437. The van der Waals surface area contributed by atoms with Crippen LogP contribution in [-0.2, 0) is 13.2 Å². The second-order valence-corrected chi connectivity index (χ2v) is 6.76. The Labute approximate surface area is 160 Å². The monoisotopic (exact) mass is 353 g/mol. The molecule has 0 radical (unpaired) electrons. The lowest BCUT2D eigenvalue weighted by Gasteiger charge is -2.16. The number of rotatable bonds is 6. The van der Waals surface area contributed by atoms with E-state index in [1.54, 1.807) is 0 Å². The molecule has 0 heterocycles. The van der Waals surface area contributed by atoms with Gasteiger partial charge in [0.15, 0.2) is 0 Å². The number of anilines is 1. The first-order valence-electron chi connectivity index (χ1n) is 9.27. The highest BCUT2D eigenvalue weighted by Crippen LogP contribution is 2.29. The lowest BCUT2D eigenvalue weighted by Crippen LogP contribution is -2.05. The van der Waals surface area contributed by atoms with E-state index in [9.17, 15) is 0 Å². The molecule has 0 aliphatic heterocycles. The summed E-state index contributed by atoms with van der Waals surface area (Å²) in [5, 5.41) is 6.01. The Hall–Kier alpha value is -3.26. The molecule has 134 valence electrons. The summed E-state index contributed by atoms with van der Waals surface area (Å²) < 4.78 is 6.20. The van der Waals surface area contributed by atoms with Gasteiger partial charge < -0.3 is 10.1 Å². The number of hydrogen-bond donors (Lipinski definition) is 1. The molecule has 0 aliphatic carbocycles. The van der Waals surface area contributed by atoms with Crippen molar-refractivity contribution >= 4 is 16.5 Å². The summed E-state index contributed by atoms with van der Waals surface area (Å²) in [7, 11) is 0. The number of nitrogens with one attached hydrogen (secondary N) is 1. The Kier molecular flexibility index (Phi) is 5.06. The Morgan fingerprint density at radius 2 is 1.59 bits per heavy atom. The summed E-state index contributed by atoms with van der Waals surface area (Å²) in [5.41, 5.74) is 4.73. The van der Waals surface area contributed by atoms with E-state index in [0.29, 0.717) is 6.61 Å². The smallest absolute Gasteiger partial charge is 0.125 e. The maximum absolute atomic E-state index is 6.20. The zero-order chi connectivity index (χ0) is 18.5. The van der Waals surface area contributed by atoms with Gasteiger partial charge in [0.1, 0.15) is 12.4 Å². The molecule has 1 N–H and O–H groups in total. The third-order valence-electron chi connectivity index (χ3n) is 4.72. The van der Waals surface area contributed by atoms with E-state index in [0.717, 1.165) is 18.0 Å². The van der Waals surface area contributed by atoms with E-state index in [1.807, 2.05) is 18.2 Å². The van der Waals surface area contributed by atoms with Crippen LogP contribution in [0.4, 0.5) is 5.69 Å². The van der Waals surface area contributed by atoms with Gasteiger partial charge in [-0.05, 0) is 47.0 Å². The first-order chi connectivity index (χ1) is 13.3. The van der Waals surface area contributed by atoms with Gasteiger partial charge >= 0.3 is 0 Å². The van der Waals surface area contributed by atoms with Crippen LogP contribution in [0.3, 0.4) is 0 Å². The van der Waals surface area contributed by atoms with Crippen LogP contribution in [0.1, 0.15) is 16.7 Å². The SMILES string of the molecule is Cc1cccc(NCc2c(OCc3ccccc3)ccc3ccccc23)c1. The molecule has 4 rings (SSSR count). The number of benzene rings is 4. The molecule has 4 aromatic rings. The van der Waals surface area contributed by atoms with Crippen molar-refractivity contribution in [2.45, 2.75) is 20.1 Å². The van der Waals surface area contributed by atoms with Gasteiger partial charge in [-0.25, -0.2) is 0 Å². The second kappa shape index (κ2) is 7.96. The highest BCUT2D eigenvalue weighted by Gasteiger charge is 2.09. The number of hydrogen-bond acceptors (Lipinski definition) is 2. The maximum atomic E-state index is 6.20. The number of aryl methyl sites for hydroxylation is 1. The molecular formula is C25H23NO. The molecule has 0 fully saturated rings. The minimum atomic E-state index is 0.566. The van der Waals surface area contributed by atoms with Crippen LogP contribution in [-0.4, -0.2) is 0 Å². The van der Waals surface area contributed by atoms with Gasteiger partial charge in [0, 0.05) is 17.8 Å². The minimum absolute atomic E-state index is 0.566. The summed E-state index contributed by atoms with van der Waals surface area (Å²) in [4.78, 5) is 0. The maximum Gasteiger partial charge on any atom is 0.125 e. The largest absolute Gasteiger partial charge is 0.489 e. The first-order valence-corrected chi connectivity index (χ1v) is 9.27. The van der Waals surface area contributed by atoms with Crippen LogP contribution in [0.25, 0.3) is 10.8 Å². The molecule has 0 aliphatic rings. The Morgan fingerprint density at radius 3 is 2.44 bits per heavy atom. The average molecular weight is 353 g/mol. The molecule has 0 saturated heterocycles. The molecule has 0 amide bonds. The van der Waals surface area contributed by atoms with Crippen molar-refractivity contribution in [3.63, 3.8) is 0 Å². The lowest BCUT2D eigenvalue weighted by atomic mass is 10.0. The molecular weight excluding hydrogens is 330 g/mol. The molecule has 0 bridgehead atoms. The minimum Gasteiger partial charge on any atom is -0.489 e. The highest BCUT2D eigenvalue weighted by molar-refractivity contribution is 5.88. The molecule has 0 saturated carbocycles. The fourth-order valence-electron chi connectivity index (χ4n) is 3.31. The molecule has 0 unspecified atom stereocenters. The topological polar surface area (TPSA) is 21.3 Å². The summed E-state index contributed by atoms with van der Waals surface area (Å²) in [6, 6.07) is 31.4. The van der Waals surface area contributed by atoms with Crippen LogP contribution in [0.2, 0.25) is 0 Å². The number of fused-ring (bicyclic) bond motifs is 1. The van der Waals surface area contributed by atoms with Gasteiger partial charge in [0.05, 0.1) is 0 Å². The van der Waals surface area contributed by atoms with Gasteiger partial charge in [-0.15, -0.1) is 0 Å². The van der Waals surface area contributed by atoms with Gasteiger partial charge in [-0.1, -0.05) is 72.8 Å². The molecule has 0 aromatic heterocycles. The van der Waals surface area contributed by atoms with Crippen LogP contribution in [0.15, 0.2) is 91.0 Å². The fraction of sp³-hybridized carbons (Fsp3) is 0.120. The van der Waals surface area contributed by atoms with Gasteiger partial charge in [-0.2, -0.15) is 0 Å². The van der Waals surface area contributed by atoms with Gasteiger partial charge in [0.25, 0.3) is 0 Å². The van der Waals surface area contributed by atoms with E-state index in [4.69, 9.17) is 4.74 Å². The van der Waals surface area contributed by atoms with Crippen molar-refractivity contribution in [1.82, 2.24) is 0 Å². The van der Waals surface area contributed by atoms with Gasteiger partial charge in [0.2, 0.25) is 0 Å². The zero-order valence-corrected chi connectivity index (χ0v) is 15.5. The lowest BCUT2D eigenvalue weighted by molar-refractivity contribution is 0.304. The third kappa shape index (κ3) is 4.12. The van der Waals surface area contributed by atoms with Crippen molar-refractivity contribution in [1.29, 1.82) is 0 Å². The Bertz CT molecular complexity index is 1040. The van der Waals surface area contributed by atoms with Crippen molar-refractivity contribution in [3.05, 3.63) is 108 Å². The molecule has 2 heteroatoms. The first kappa shape index (κ1) is 17.2. The zero-order valence-electron chi connectivity index (χ0n) is 15.5. The summed E-state index contributed by atoms with van der Waals surface area (Å²) >= 11 is 0. The van der Waals surface area contributed by atoms with Crippen LogP contribution in [0, 0.1) is 6.92 Å². The highest BCUT2D eigenvalue weighted by atomic mass is 16.5. The summed E-state index contributed by atoms with van der Waals surface area (Å²) in [5.74, 6) is 0.928. The van der Waals surface area contributed by atoms with E-state index in [-0.39, 0.29) is 0 Å². The predicted octanol–water partition coefficient (Wildman–Crippen LogP) is 6.34. The van der Waals surface area contributed by atoms with Crippen LogP contribution < -0.4 is 10.1 Å². The standard InChI is InChI=1S/C25H23NO/c1-19-8-7-12-22(16-19)26-17-24-23-13-6-5-11-21(23)14-15-25(24)27-18-20-9-3-2-4-10-20/h2-16,26H,17-18H2,1H3. The van der Waals surface area contributed by atoms with Crippen molar-refractivity contribution in [3.8, 4) is 5.75 Å². The van der Waals surface area contributed by atoms with E-state index < -0.39 is 0 Å². The van der Waals surface area contributed by atoms with Crippen molar-refractivity contribution in [2.24, 2.45) is 0 Å². The molecule has 0 spiro atoms. The van der Waals surface area contributed by atoms with Crippen molar-refractivity contribution < 1.29 is 4.74 Å². The predicted molar refractivity (Wildman–Crippen MR) is 113 cm³/mol. The Morgan fingerprint density at radius 1 is 0.778 bits per heavy atom. The van der Waals surface area contributed by atoms with Gasteiger partial charge in [-0.3, -0.25) is 0 Å². The third-order valence-corrected chi connectivity index (χ3v) is 4.72. The fourth-order valence-corrected chi connectivity index (χ4v) is 3.31. The molecule has 2 nitrogen and oxygen atoms in total. The second-order valence-electron chi connectivity index (χ2n) is 6.76. The normalized spacial score (nSPS) is 10.7.